The minimum absolute atomic E-state index is 0.335. The zero-order valence-electron chi connectivity index (χ0n) is 8.22. The molecule has 2 nitrogen and oxygen atoms in total. The summed E-state index contributed by atoms with van der Waals surface area (Å²) >= 11 is 2.32. The number of halogens is 1. The van der Waals surface area contributed by atoms with Crippen molar-refractivity contribution in [3.63, 3.8) is 0 Å². The number of hydrogen-bond acceptors (Lipinski definition) is 2. The zero-order chi connectivity index (χ0) is 10.0. The fourth-order valence-electron chi connectivity index (χ4n) is 1.47. The van der Waals surface area contributed by atoms with Crippen molar-refractivity contribution in [1.82, 2.24) is 0 Å². The Kier molecular flexibility index (Phi) is 2.97. The molecule has 3 heteroatoms. The SMILES string of the molecule is CC1(CNc2cccc(I)c2)COC1. The van der Waals surface area contributed by atoms with Gasteiger partial charge in [0.1, 0.15) is 0 Å². The molecule has 0 spiro atoms. The Hall–Kier alpha value is -0.290. The van der Waals surface area contributed by atoms with Crippen LogP contribution in [0.25, 0.3) is 0 Å². The van der Waals surface area contributed by atoms with Gasteiger partial charge in [0, 0.05) is 21.2 Å². The monoisotopic (exact) mass is 303 g/mol. The van der Waals surface area contributed by atoms with Crippen LogP contribution in [0, 0.1) is 8.99 Å². The number of nitrogens with one attached hydrogen (secondary N) is 1. The molecule has 0 amide bonds. The standard InChI is InChI=1S/C11H14INO/c1-11(7-14-8-11)6-13-10-4-2-3-9(12)5-10/h2-5,13H,6-8H2,1H3. The first kappa shape index (κ1) is 10.2. The Morgan fingerprint density at radius 1 is 1.50 bits per heavy atom. The molecule has 2 rings (SSSR count). The second-order valence-electron chi connectivity index (χ2n) is 4.17. The summed E-state index contributed by atoms with van der Waals surface area (Å²) in [6, 6.07) is 8.43. The highest BCUT2D eigenvalue weighted by molar-refractivity contribution is 14.1. The van der Waals surface area contributed by atoms with Gasteiger partial charge in [-0.2, -0.15) is 0 Å². The van der Waals surface area contributed by atoms with E-state index in [1.54, 1.807) is 0 Å². The summed E-state index contributed by atoms with van der Waals surface area (Å²) in [5.41, 5.74) is 1.53. The summed E-state index contributed by atoms with van der Waals surface area (Å²) in [5, 5.41) is 3.44. The van der Waals surface area contributed by atoms with Crippen molar-refractivity contribution in [1.29, 1.82) is 0 Å². The second-order valence-corrected chi connectivity index (χ2v) is 5.41. The van der Waals surface area contributed by atoms with E-state index in [4.69, 9.17) is 4.74 Å². The molecule has 14 heavy (non-hydrogen) atoms. The summed E-state index contributed by atoms with van der Waals surface area (Å²) in [6.07, 6.45) is 0. The van der Waals surface area contributed by atoms with E-state index in [0.717, 1.165) is 19.8 Å². The summed E-state index contributed by atoms with van der Waals surface area (Å²) in [6.45, 7) is 5.00. The van der Waals surface area contributed by atoms with Crippen molar-refractivity contribution in [3.05, 3.63) is 27.8 Å². The van der Waals surface area contributed by atoms with Crippen LogP contribution in [-0.2, 0) is 4.74 Å². The quantitative estimate of drug-likeness (QED) is 0.867. The van der Waals surface area contributed by atoms with Crippen molar-refractivity contribution in [3.8, 4) is 0 Å². The first-order valence-corrected chi connectivity index (χ1v) is 5.83. The van der Waals surface area contributed by atoms with Crippen LogP contribution in [0.5, 0.6) is 0 Å². The van der Waals surface area contributed by atoms with Crippen LogP contribution in [-0.4, -0.2) is 19.8 Å². The molecule has 1 N–H and O–H groups in total. The smallest absolute Gasteiger partial charge is 0.0559 e. The van der Waals surface area contributed by atoms with E-state index in [0.29, 0.717) is 5.41 Å². The maximum Gasteiger partial charge on any atom is 0.0559 e. The first-order chi connectivity index (χ1) is 6.68. The predicted molar refractivity (Wildman–Crippen MR) is 66.6 cm³/mol. The fraction of sp³-hybridized carbons (Fsp3) is 0.455. The van der Waals surface area contributed by atoms with Gasteiger partial charge in [0.2, 0.25) is 0 Å². The number of anilines is 1. The van der Waals surface area contributed by atoms with Crippen LogP contribution in [0.3, 0.4) is 0 Å². The number of hydrogen-bond donors (Lipinski definition) is 1. The molecular weight excluding hydrogens is 289 g/mol. The van der Waals surface area contributed by atoms with Crippen LogP contribution >= 0.6 is 22.6 Å². The highest BCUT2D eigenvalue weighted by Crippen LogP contribution is 2.26. The average molecular weight is 303 g/mol. The Morgan fingerprint density at radius 2 is 2.29 bits per heavy atom. The molecule has 1 aromatic rings. The van der Waals surface area contributed by atoms with E-state index in [1.807, 2.05) is 0 Å². The van der Waals surface area contributed by atoms with Crippen molar-refractivity contribution < 1.29 is 4.74 Å². The molecule has 0 radical (unpaired) electrons. The molecule has 0 aliphatic carbocycles. The topological polar surface area (TPSA) is 21.3 Å². The van der Waals surface area contributed by atoms with Crippen molar-refractivity contribution >= 4 is 28.3 Å². The molecule has 1 aromatic carbocycles. The van der Waals surface area contributed by atoms with Gasteiger partial charge < -0.3 is 10.1 Å². The third-order valence-electron chi connectivity index (χ3n) is 2.44. The predicted octanol–water partition coefficient (Wildman–Crippen LogP) is 2.74. The lowest BCUT2D eigenvalue weighted by Crippen LogP contribution is -2.45. The van der Waals surface area contributed by atoms with Gasteiger partial charge in [-0.05, 0) is 40.8 Å². The van der Waals surface area contributed by atoms with E-state index in [-0.39, 0.29) is 0 Å². The zero-order valence-corrected chi connectivity index (χ0v) is 10.4. The van der Waals surface area contributed by atoms with Crippen LogP contribution in [0.2, 0.25) is 0 Å². The maximum absolute atomic E-state index is 5.21. The largest absolute Gasteiger partial charge is 0.384 e. The minimum atomic E-state index is 0.335. The lowest BCUT2D eigenvalue weighted by Gasteiger charge is -2.38. The molecule has 0 bridgehead atoms. The first-order valence-electron chi connectivity index (χ1n) is 4.75. The van der Waals surface area contributed by atoms with E-state index in [9.17, 15) is 0 Å². The summed E-state index contributed by atoms with van der Waals surface area (Å²) in [4.78, 5) is 0. The third-order valence-corrected chi connectivity index (χ3v) is 3.12. The maximum atomic E-state index is 5.21. The number of ether oxygens (including phenoxy) is 1. The molecule has 0 saturated carbocycles. The van der Waals surface area contributed by atoms with Crippen LogP contribution < -0.4 is 5.32 Å². The van der Waals surface area contributed by atoms with Crippen molar-refractivity contribution in [2.75, 3.05) is 25.1 Å². The lowest BCUT2D eigenvalue weighted by atomic mass is 9.89. The van der Waals surface area contributed by atoms with Gasteiger partial charge in [-0.3, -0.25) is 0 Å². The van der Waals surface area contributed by atoms with E-state index in [2.05, 4.69) is 59.1 Å². The van der Waals surface area contributed by atoms with Gasteiger partial charge >= 0.3 is 0 Å². The van der Waals surface area contributed by atoms with Gasteiger partial charge in [0.05, 0.1) is 13.2 Å². The molecular formula is C11H14INO. The van der Waals surface area contributed by atoms with Crippen molar-refractivity contribution in [2.24, 2.45) is 5.41 Å². The lowest BCUT2D eigenvalue weighted by molar-refractivity contribution is -0.0924. The van der Waals surface area contributed by atoms with E-state index >= 15 is 0 Å². The van der Waals surface area contributed by atoms with Gasteiger partial charge in [0.15, 0.2) is 0 Å². The van der Waals surface area contributed by atoms with Crippen molar-refractivity contribution in [2.45, 2.75) is 6.92 Å². The van der Waals surface area contributed by atoms with E-state index in [1.165, 1.54) is 9.26 Å². The van der Waals surface area contributed by atoms with Gasteiger partial charge in [-0.1, -0.05) is 13.0 Å². The van der Waals surface area contributed by atoms with Crippen LogP contribution in [0.15, 0.2) is 24.3 Å². The molecule has 1 saturated heterocycles. The Morgan fingerprint density at radius 3 is 2.86 bits per heavy atom. The molecule has 1 heterocycles. The Bertz CT molecular complexity index is 323. The van der Waals surface area contributed by atoms with Crippen LogP contribution in [0.4, 0.5) is 5.69 Å². The summed E-state index contributed by atoms with van der Waals surface area (Å²) < 4.78 is 6.47. The molecule has 76 valence electrons. The van der Waals surface area contributed by atoms with Gasteiger partial charge in [-0.15, -0.1) is 0 Å². The number of benzene rings is 1. The number of rotatable bonds is 3. The van der Waals surface area contributed by atoms with Gasteiger partial charge in [0.25, 0.3) is 0 Å². The molecule has 1 aliphatic heterocycles. The summed E-state index contributed by atoms with van der Waals surface area (Å²) in [5.74, 6) is 0. The highest BCUT2D eigenvalue weighted by atomic mass is 127. The summed E-state index contributed by atoms with van der Waals surface area (Å²) in [7, 11) is 0. The van der Waals surface area contributed by atoms with Crippen LogP contribution in [0.1, 0.15) is 6.92 Å². The molecule has 0 atom stereocenters. The fourth-order valence-corrected chi connectivity index (χ4v) is 2.01. The highest BCUT2D eigenvalue weighted by Gasteiger charge is 2.32. The minimum Gasteiger partial charge on any atom is -0.384 e. The third kappa shape index (κ3) is 2.39. The Balaban J connectivity index is 1.91. The molecule has 0 unspecified atom stereocenters. The Labute approximate surface area is 98.2 Å². The molecule has 1 aliphatic rings. The average Bonchev–Trinajstić information content (AvgIpc) is 2.12. The molecule has 0 aromatic heterocycles. The normalized spacial score (nSPS) is 18.7. The van der Waals surface area contributed by atoms with Gasteiger partial charge in [-0.25, -0.2) is 0 Å². The molecule has 1 fully saturated rings. The second kappa shape index (κ2) is 4.06. The van der Waals surface area contributed by atoms with E-state index < -0.39 is 0 Å².